The van der Waals surface area contributed by atoms with Crippen molar-refractivity contribution < 1.29 is 19.2 Å². The second-order valence-corrected chi connectivity index (χ2v) is 4.68. The monoisotopic (exact) mass is 314 g/mol. The molecular formula is C16H14N2O5. The van der Waals surface area contributed by atoms with Gasteiger partial charge in [-0.1, -0.05) is 12.1 Å². The number of non-ortho nitro benzene ring substituents is 1. The van der Waals surface area contributed by atoms with Crippen molar-refractivity contribution in [2.24, 2.45) is 0 Å². The van der Waals surface area contributed by atoms with Gasteiger partial charge in [0, 0.05) is 24.2 Å². The number of nitro benzene ring substituents is 1. The molecule has 2 aromatic carbocycles. The van der Waals surface area contributed by atoms with Crippen LogP contribution in [0.4, 0.5) is 5.69 Å². The average molecular weight is 314 g/mol. The summed E-state index contributed by atoms with van der Waals surface area (Å²) >= 11 is 0. The second kappa shape index (κ2) is 7.17. The molecule has 0 aliphatic heterocycles. The Morgan fingerprint density at radius 2 is 1.61 bits per heavy atom. The summed E-state index contributed by atoms with van der Waals surface area (Å²) in [6.45, 7) is 0.275. The molecule has 0 unspecified atom stereocenters. The Hall–Kier alpha value is -3.22. The highest BCUT2D eigenvalue weighted by Crippen LogP contribution is 2.12. The van der Waals surface area contributed by atoms with Gasteiger partial charge in [-0.25, -0.2) is 4.79 Å². The van der Waals surface area contributed by atoms with Gasteiger partial charge in [-0.3, -0.25) is 14.9 Å². The standard InChI is InChI=1S/C16H14N2O5/c1-23-16(20)13-4-2-11(3-5-13)10-17-15(19)12-6-8-14(9-7-12)18(21)22/h2-9H,10H2,1H3,(H,17,19). The van der Waals surface area contributed by atoms with E-state index in [4.69, 9.17) is 0 Å². The number of ether oxygens (including phenoxy) is 1. The van der Waals surface area contributed by atoms with Gasteiger partial charge in [0.2, 0.25) is 0 Å². The molecular weight excluding hydrogens is 300 g/mol. The van der Waals surface area contributed by atoms with Crippen LogP contribution in [0.25, 0.3) is 0 Å². The fourth-order valence-corrected chi connectivity index (χ4v) is 1.90. The number of benzene rings is 2. The number of esters is 1. The van der Waals surface area contributed by atoms with E-state index in [1.54, 1.807) is 24.3 Å². The number of carbonyl (C=O) groups excluding carboxylic acids is 2. The average Bonchev–Trinajstić information content (AvgIpc) is 2.59. The molecule has 0 heterocycles. The van der Waals surface area contributed by atoms with E-state index in [1.807, 2.05) is 0 Å². The van der Waals surface area contributed by atoms with Crippen LogP contribution in [0.2, 0.25) is 0 Å². The van der Waals surface area contributed by atoms with E-state index >= 15 is 0 Å². The lowest BCUT2D eigenvalue weighted by Gasteiger charge is -2.06. The summed E-state index contributed by atoms with van der Waals surface area (Å²) in [6.07, 6.45) is 0. The zero-order valence-electron chi connectivity index (χ0n) is 12.3. The van der Waals surface area contributed by atoms with Crippen LogP contribution < -0.4 is 5.32 Å². The number of nitro groups is 1. The lowest BCUT2D eigenvalue weighted by atomic mass is 10.1. The lowest BCUT2D eigenvalue weighted by Crippen LogP contribution is -2.22. The molecule has 0 aliphatic rings. The topological polar surface area (TPSA) is 98.5 Å². The molecule has 0 spiro atoms. The third kappa shape index (κ3) is 4.13. The van der Waals surface area contributed by atoms with Crippen molar-refractivity contribution in [2.75, 3.05) is 7.11 Å². The first kappa shape index (κ1) is 16.2. The predicted octanol–water partition coefficient (Wildman–Crippen LogP) is 2.31. The SMILES string of the molecule is COC(=O)c1ccc(CNC(=O)c2ccc([N+](=O)[O-])cc2)cc1. The summed E-state index contributed by atoms with van der Waals surface area (Å²) in [7, 11) is 1.31. The first-order valence-electron chi connectivity index (χ1n) is 6.71. The zero-order chi connectivity index (χ0) is 16.8. The highest BCUT2D eigenvalue weighted by Gasteiger charge is 2.09. The zero-order valence-corrected chi connectivity index (χ0v) is 12.3. The normalized spacial score (nSPS) is 9.96. The van der Waals surface area contributed by atoms with Crippen LogP contribution in [-0.2, 0) is 11.3 Å². The maximum Gasteiger partial charge on any atom is 0.337 e. The molecule has 1 N–H and O–H groups in total. The second-order valence-electron chi connectivity index (χ2n) is 4.68. The fourth-order valence-electron chi connectivity index (χ4n) is 1.90. The lowest BCUT2D eigenvalue weighted by molar-refractivity contribution is -0.384. The summed E-state index contributed by atoms with van der Waals surface area (Å²) < 4.78 is 4.60. The summed E-state index contributed by atoms with van der Waals surface area (Å²) in [5.74, 6) is -0.761. The van der Waals surface area contributed by atoms with Crippen molar-refractivity contribution in [3.05, 3.63) is 75.3 Å². The molecule has 1 amide bonds. The Labute approximate surface area is 132 Å². The van der Waals surface area contributed by atoms with Crippen LogP contribution in [0.1, 0.15) is 26.3 Å². The number of hydrogen-bond donors (Lipinski definition) is 1. The van der Waals surface area contributed by atoms with Gasteiger partial charge in [0.05, 0.1) is 17.6 Å². The van der Waals surface area contributed by atoms with Crippen molar-refractivity contribution >= 4 is 17.6 Å². The molecule has 0 aromatic heterocycles. The Morgan fingerprint density at radius 1 is 1.04 bits per heavy atom. The number of nitrogens with one attached hydrogen (secondary N) is 1. The Kier molecular flexibility index (Phi) is 5.03. The van der Waals surface area contributed by atoms with E-state index < -0.39 is 10.9 Å². The van der Waals surface area contributed by atoms with Crippen LogP contribution in [0, 0.1) is 10.1 Å². The Balaban J connectivity index is 1.96. The van der Waals surface area contributed by atoms with E-state index in [-0.39, 0.29) is 18.1 Å². The number of methoxy groups -OCH3 is 1. The Morgan fingerprint density at radius 3 is 2.13 bits per heavy atom. The molecule has 0 radical (unpaired) electrons. The summed E-state index contributed by atoms with van der Waals surface area (Å²) in [5, 5.41) is 13.3. The quantitative estimate of drug-likeness (QED) is 0.519. The van der Waals surface area contributed by atoms with Gasteiger partial charge >= 0.3 is 5.97 Å². The molecule has 0 fully saturated rings. The number of amides is 1. The largest absolute Gasteiger partial charge is 0.465 e. The van der Waals surface area contributed by atoms with Gasteiger partial charge in [-0.2, -0.15) is 0 Å². The number of hydrogen-bond acceptors (Lipinski definition) is 5. The Bertz CT molecular complexity index is 723. The van der Waals surface area contributed by atoms with E-state index in [1.165, 1.54) is 31.4 Å². The van der Waals surface area contributed by atoms with E-state index in [9.17, 15) is 19.7 Å². The minimum absolute atomic E-state index is 0.0695. The van der Waals surface area contributed by atoms with Gasteiger partial charge in [0.1, 0.15) is 0 Å². The molecule has 2 rings (SSSR count). The van der Waals surface area contributed by atoms with Gasteiger partial charge < -0.3 is 10.1 Å². The van der Waals surface area contributed by atoms with E-state index in [0.717, 1.165) is 5.56 Å². The maximum atomic E-state index is 12.0. The molecule has 0 bridgehead atoms. The van der Waals surface area contributed by atoms with Crippen LogP contribution in [0.5, 0.6) is 0 Å². The van der Waals surface area contributed by atoms with E-state index in [2.05, 4.69) is 10.1 Å². The van der Waals surface area contributed by atoms with Crippen molar-refractivity contribution in [3.63, 3.8) is 0 Å². The van der Waals surface area contributed by atoms with Crippen molar-refractivity contribution in [1.29, 1.82) is 0 Å². The van der Waals surface area contributed by atoms with Crippen molar-refractivity contribution in [3.8, 4) is 0 Å². The van der Waals surface area contributed by atoms with Gasteiger partial charge in [0.25, 0.3) is 11.6 Å². The van der Waals surface area contributed by atoms with Crippen molar-refractivity contribution in [1.82, 2.24) is 5.32 Å². The highest BCUT2D eigenvalue weighted by atomic mass is 16.6. The third-order valence-electron chi connectivity index (χ3n) is 3.17. The molecule has 0 atom stereocenters. The smallest absolute Gasteiger partial charge is 0.337 e. The molecule has 0 aliphatic carbocycles. The van der Waals surface area contributed by atoms with Gasteiger partial charge in [-0.05, 0) is 29.8 Å². The molecule has 23 heavy (non-hydrogen) atoms. The minimum atomic E-state index is -0.523. The van der Waals surface area contributed by atoms with Crippen LogP contribution in [0.15, 0.2) is 48.5 Å². The molecule has 7 heteroatoms. The maximum absolute atomic E-state index is 12.0. The number of carbonyl (C=O) groups is 2. The summed E-state index contributed by atoms with van der Waals surface area (Å²) in [5.41, 5.74) is 1.51. The molecule has 118 valence electrons. The first-order chi connectivity index (χ1) is 11.0. The van der Waals surface area contributed by atoms with Gasteiger partial charge in [-0.15, -0.1) is 0 Å². The fraction of sp³-hybridized carbons (Fsp3) is 0.125. The summed E-state index contributed by atoms with van der Waals surface area (Å²) in [4.78, 5) is 33.3. The molecule has 2 aromatic rings. The number of nitrogens with zero attached hydrogens (tertiary/aromatic N) is 1. The first-order valence-corrected chi connectivity index (χ1v) is 6.71. The number of rotatable bonds is 5. The van der Waals surface area contributed by atoms with Crippen LogP contribution in [0.3, 0.4) is 0 Å². The summed E-state index contributed by atoms with van der Waals surface area (Å²) in [6, 6.07) is 12.0. The van der Waals surface area contributed by atoms with Crippen molar-refractivity contribution in [2.45, 2.75) is 6.54 Å². The molecule has 7 nitrogen and oxygen atoms in total. The van der Waals surface area contributed by atoms with Gasteiger partial charge in [0.15, 0.2) is 0 Å². The third-order valence-corrected chi connectivity index (χ3v) is 3.17. The predicted molar refractivity (Wildman–Crippen MR) is 82.0 cm³/mol. The molecule has 0 saturated heterocycles. The highest BCUT2D eigenvalue weighted by molar-refractivity contribution is 5.94. The van der Waals surface area contributed by atoms with Crippen LogP contribution in [-0.4, -0.2) is 23.9 Å². The molecule has 0 saturated carbocycles. The minimum Gasteiger partial charge on any atom is -0.465 e. The van der Waals surface area contributed by atoms with Crippen LogP contribution >= 0.6 is 0 Å². The van der Waals surface area contributed by atoms with E-state index in [0.29, 0.717) is 11.1 Å².